The molecule has 0 aliphatic heterocycles. The van der Waals surface area contributed by atoms with E-state index in [9.17, 15) is 4.79 Å². The first-order chi connectivity index (χ1) is 15.4. The lowest BCUT2D eigenvalue weighted by Gasteiger charge is -2.13. The Kier molecular flexibility index (Phi) is 7.59. The second-order valence-electron chi connectivity index (χ2n) is 7.81. The number of aryl methyl sites for hydroxylation is 2. The van der Waals surface area contributed by atoms with Crippen LogP contribution in [-0.2, 0) is 13.1 Å². The fourth-order valence-electron chi connectivity index (χ4n) is 3.22. The molecule has 32 heavy (non-hydrogen) atoms. The van der Waals surface area contributed by atoms with Gasteiger partial charge in [0.2, 0.25) is 0 Å². The third-order valence-electron chi connectivity index (χ3n) is 4.87. The molecular formula is C24H31N7O. The van der Waals surface area contributed by atoms with Gasteiger partial charge < -0.3 is 15.5 Å². The fraction of sp³-hybridized carbons (Fsp3) is 0.333. The fourth-order valence-corrected chi connectivity index (χ4v) is 3.22. The number of rotatable bonds is 7. The highest BCUT2D eigenvalue weighted by Gasteiger charge is 2.08. The number of carbonyl (C=O) groups excluding carboxylic acids is 1. The number of pyridine rings is 1. The van der Waals surface area contributed by atoms with E-state index in [0.29, 0.717) is 18.7 Å². The molecule has 1 amide bonds. The van der Waals surface area contributed by atoms with Gasteiger partial charge >= 0.3 is 0 Å². The Balaban J connectivity index is 1.61. The summed E-state index contributed by atoms with van der Waals surface area (Å²) in [6.07, 6.45) is 1.83. The number of carbonyl (C=O) groups is 1. The molecule has 0 bridgehead atoms. The second-order valence-corrected chi connectivity index (χ2v) is 7.81. The molecule has 0 aliphatic rings. The predicted molar refractivity (Wildman–Crippen MR) is 127 cm³/mol. The van der Waals surface area contributed by atoms with Crippen LogP contribution in [0, 0.1) is 13.8 Å². The largest absolute Gasteiger partial charge is 0.357 e. The molecule has 0 atom stereocenters. The van der Waals surface area contributed by atoms with Gasteiger partial charge in [-0.05, 0) is 56.2 Å². The van der Waals surface area contributed by atoms with E-state index >= 15 is 0 Å². The summed E-state index contributed by atoms with van der Waals surface area (Å²) in [6, 6.07) is 13.6. The van der Waals surface area contributed by atoms with Gasteiger partial charge in [-0.15, -0.1) is 0 Å². The summed E-state index contributed by atoms with van der Waals surface area (Å²) in [5, 5.41) is 11.1. The van der Waals surface area contributed by atoms with Gasteiger partial charge in [0.15, 0.2) is 11.8 Å². The Bertz CT molecular complexity index is 1070. The van der Waals surface area contributed by atoms with Crippen molar-refractivity contribution >= 4 is 11.9 Å². The molecule has 2 aromatic heterocycles. The van der Waals surface area contributed by atoms with Crippen molar-refractivity contribution in [2.45, 2.75) is 33.9 Å². The van der Waals surface area contributed by atoms with Crippen LogP contribution in [0.1, 0.15) is 39.8 Å². The van der Waals surface area contributed by atoms with Gasteiger partial charge in [0.25, 0.3) is 5.91 Å². The average Bonchev–Trinajstić information content (AvgIpc) is 3.13. The standard InChI is InChI=1S/C24H31N7O/c1-6-25-24(27-14-19-7-10-21(11-8-19)23(32)30(4)5)28-16-20-9-12-22(26-15-20)31-18(3)13-17(2)29-31/h7-13,15H,6,14,16H2,1-5H3,(H2,25,27,28). The van der Waals surface area contributed by atoms with Crippen LogP contribution >= 0.6 is 0 Å². The summed E-state index contributed by atoms with van der Waals surface area (Å²) in [6.45, 7) is 7.90. The summed E-state index contributed by atoms with van der Waals surface area (Å²) in [7, 11) is 3.50. The number of nitrogens with zero attached hydrogens (tertiary/aromatic N) is 5. The Morgan fingerprint density at radius 3 is 2.34 bits per heavy atom. The van der Waals surface area contributed by atoms with E-state index in [1.54, 1.807) is 19.0 Å². The quantitative estimate of drug-likeness (QED) is 0.442. The van der Waals surface area contributed by atoms with Crippen LogP contribution in [0.2, 0.25) is 0 Å². The zero-order valence-corrected chi connectivity index (χ0v) is 19.4. The third-order valence-corrected chi connectivity index (χ3v) is 4.87. The maximum atomic E-state index is 12.0. The van der Waals surface area contributed by atoms with Crippen LogP contribution in [-0.4, -0.2) is 52.2 Å². The van der Waals surface area contributed by atoms with E-state index in [-0.39, 0.29) is 5.91 Å². The van der Waals surface area contributed by atoms with Crippen molar-refractivity contribution in [2.75, 3.05) is 20.6 Å². The Morgan fingerprint density at radius 2 is 1.78 bits per heavy atom. The Morgan fingerprint density at radius 1 is 1.06 bits per heavy atom. The van der Waals surface area contributed by atoms with Crippen LogP contribution in [0.4, 0.5) is 0 Å². The molecule has 2 N–H and O–H groups in total. The van der Waals surface area contributed by atoms with Crippen LogP contribution in [0.25, 0.3) is 5.82 Å². The first kappa shape index (κ1) is 23.0. The number of hydrogen-bond acceptors (Lipinski definition) is 4. The second kappa shape index (κ2) is 10.6. The van der Waals surface area contributed by atoms with Crippen LogP contribution in [0.5, 0.6) is 0 Å². The molecule has 0 radical (unpaired) electrons. The zero-order chi connectivity index (χ0) is 23.1. The topological polar surface area (TPSA) is 87.4 Å². The van der Waals surface area contributed by atoms with E-state index in [4.69, 9.17) is 0 Å². The lowest BCUT2D eigenvalue weighted by molar-refractivity contribution is 0.0827. The molecule has 3 aromatic rings. The minimum atomic E-state index is -0.00288. The molecule has 8 nitrogen and oxygen atoms in total. The SMILES string of the molecule is CCNC(=NCc1ccc(-n2nc(C)cc2C)nc1)NCc1ccc(C(=O)N(C)C)cc1. The predicted octanol–water partition coefficient (Wildman–Crippen LogP) is 2.84. The van der Waals surface area contributed by atoms with Crippen LogP contribution < -0.4 is 10.6 Å². The molecule has 0 fully saturated rings. The van der Waals surface area contributed by atoms with Gasteiger partial charge in [-0.1, -0.05) is 18.2 Å². The number of hydrogen-bond donors (Lipinski definition) is 2. The summed E-state index contributed by atoms with van der Waals surface area (Å²) in [5.41, 5.74) is 4.79. The minimum absolute atomic E-state index is 0.00288. The summed E-state index contributed by atoms with van der Waals surface area (Å²) >= 11 is 0. The summed E-state index contributed by atoms with van der Waals surface area (Å²) in [5.74, 6) is 1.52. The van der Waals surface area contributed by atoms with Crippen molar-refractivity contribution in [1.29, 1.82) is 0 Å². The molecule has 3 rings (SSSR count). The minimum Gasteiger partial charge on any atom is -0.357 e. The highest BCUT2D eigenvalue weighted by molar-refractivity contribution is 5.93. The molecule has 0 spiro atoms. The number of aromatic nitrogens is 3. The van der Waals surface area contributed by atoms with Crippen LogP contribution in [0.3, 0.4) is 0 Å². The maximum absolute atomic E-state index is 12.0. The van der Waals surface area contributed by atoms with Crippen LogP contribution in [0.15, 0.2) is 53.7 Å². The van der Waals surface area contributed by atoms with Crippen molar-refractivity contribution in [2.24, 2.45) is 4.99 Å². The highest BCUT2D eigenvalue weighted by atomic mass is 16.2. The van der Waals surface area contributed by atoms with Crippen molar-refractivity contribution < 1.29 is 4.79 Å². The van der Waals surface area contributed by atoms with Gasteiger partial charge in [0.1, 0.15) is 0 Å². The molecule has 0 saturated heterocycles. The first-order valence-corrected chi connectivity index (χ1v) is 10.7. The number of aliphatic imine (C=N–C) groups is 1. The van der Waals surface area contributed by atoms with E-state index in [1.165, 1.54) is 0 Å². The number of amides is 1. The van der Waals surface area contributed by atoms with Gasteiger partial charge in [0, 0.05) is 44.6 Å². The Labute approximate surface area is 189 Å². The number of benzene rings is 1. The van der Waals surface area contributed by atoms with Gasteiger partial charge in [-0.2, -0.15) is 5.10 Å². The van der Waals surface area contributed by atoms with E-state index < -0.39 is 0 Å². The van der Waals surface area contributed by atoms with E-state index in [1.807, 2.05) is 74.1 Å². The van der Waals surface area contributed by atoms with Gasteiger partial charge in [0.05, 0.1) is 12.2 Å². The lowest BCUT2D eigenvalue weighted by Crippen LogP contribution is -2.36. The Hall–Kier alpha value is -3.68. The molecule has 168 valence electrons. The normalized spacial score (nSPS) is 11.3. The van der Waals surface area contributed by atoms with Gasteiger partial charge in [-0.25, -0.2) is 14.7 Å². The van der Waals surface area contributed by atoms with Crippen molar-refractivity contribution in [3.05, 3.63) is 76.7 Å². The smallest absolute Gasteiger partial charge is 0.253 e. The molecule has 2 heterocycles. The number of guanidine groups is 1. The molecular weight excluding hydrogens is 402 g/mol. The molecule has 8 heteroatoms. The maximum Gasteiger partial charge on any atom is 0.253 e. The summed E-state index contributed by atoms with van der Waals surface area (Å²) in [4.78, 5) is 22.8. The highest BCUT2D eigenvalue weighted by Crippen LogP contribution is 2.11. The lowest BCUT2D eigenvalue weighted by atomic mass is 10.1. The van der Waals surface area contributed by atoms with Gasteiger partial charge in [-0.3, -0.25) is 4.79 Å². The van der Waals surface area contributed by atoms with E-state index in [2.05, 4.69) is 25.7 Å². The zero-order valence-electron chi connectivity index (χ0n) is 19.4. The number of nitrogens with one attached hydrogen (secondary N) is 2. The third kappa shape index (κ3) is 5.94. The monoisotopic (exact) mass is 433 g/mol. The average molecular weight is 434 g/mol. The molecule has 0 aliphatic carbocycles. The molecule has 1 aromatic carbocycles. The summed E-state index contributed by atoms with van der Waals surface area (Å²) < 4.78 is 1.84. The van der Waals surface area contributed by atoms with Crippen molar-refractivity contribution in [3.8, 4) is 5.82 Å². The van der Waals surface area contributed by atoms with E-state index in [0.717, 1.165) is 40.8 Å². The van der Waals surface area contributed by atoms with Crippen molar-refractivity contribution in [1.82, 2.24) is 30.3 Å². The van der Waals surface area contributed by atoms with Crippen molar-refractivity contribution in [3.63, 3.8) is 0 Å². The molecule has 0 saturated carbocycles. The molecule has 0 unspecified atom stereocenters. The first-order valence-electron chi connectivity index (χ1n) is 10.7.